The molecule has 0 radical (unpaired) electrons. The van der Waals surface area contributed by atoms with Gasteiger partial charge in [-0.2, -0.15) is 0 Å². The van der Waals surface area contributed by atoms with Gasteiger partial charge >= 0.3 is 0 Å². The average molecular weight is 278 g/mol. The molecule has 0 N–H and O–H groups in total. The zero-order chi connectivity index (χ0) is 15.7. The van der Waals surface area contributed by atoms with Crippen LogP contribution in [0.15, 0.2) is 23.4 Å². The Kier molecular flexibility index (Phi) is 5.13. The maximum absolute atomic E-state index is 2.47. The Labute approximate surface area is 126 Å². The van der Waals surface area contributed by atoms with Crippen molar-refractivity contribution in [3.63, 3.8) is 0 Å². The first kappa shape index (κ1) is 17.3. The highest BCUT2D eigenvalue weighted by molar-refractivity contribution is 5.36. The van der Waals surface area contributed by atoms with Crippen LogP contribution < -0.4 is 0 Å². The largest absolute Gasteiger partial charge is 0.362 e. The summed E-state index contributed by atoms with van der Waals surface area (Å²) in [6.07, 6.45) is 7.30. The lowest BCUT2D eigenvalue weighted by molar-refractivity contribution is -0.0771. The maximum atomic E-state index is 2.47. The van der Waals surface area contributed by atoms with Crippen LogP contribution in [0.4, 0.5) is 0 Å². The van der Waals surface area contributed by atoms with Crippen LogP contribution in [0, 0.1) is 10.8 Å². The van der Waals surface area contributed by atoms with Gasteiger partial charge in [-0.25, -0.2) is 0 Å². The van der Waals surface area contributed by atoms with E-state index in [1.165, 1.54) is 24.1 Å². The van der Waals surface area contributed by atoms with E-state index in [2.05, 4.69) is 84.6 Å². The second-order valence-electron chi connectivity index (χ2n) is 6.90. The normalized spacial score (nSPS) is 35.5. The van der Waals surface area contributed by atoms with Crippen molar-refractivity contribution in [2.45, 2.75) is 60.5 Å². The summed E-state index contributed by atoms with van der Waals surface area (Å²) in [7, 11) is 6.66. The average Bonchev–Trinajstić information content (AvgIpc) is 2.41. The summed E-state index contributed by atoms with van der Waals surface area (Å²) in [4.78, 5) is 4.85. The van der Waals surface area contributed by atoms with Gasteiger partial charge in [0.2, 0.25) is 0 Å². The van der Waals surface area contributed by atoms with Gasteiger partial charge in [0, 0.05) is 23.6 Å². The van der Waals surface area contributed by atoms with Crippen LogP contribution in [0.1, 0.15) is 54.4 Å². The molecule has 116 valence electrons. The first-order valence-electron chi connectivity index (χ1n) is 7.94. The first-order chi connectivity index (χ1) is 9.21. The maximum Gasteiger partial charge on any atom is 0.0872 e. The predicted octanol–water partition coefficient (Wildman–Crippen LogP) is 4.50. The molecule has 0 aromatic carbocycles. The van der Waals surface area contributed by atoms with Gasteiger partial charge < -0.3 is 4.90 Å². The van der Waals surface area contributed by atoms with E-state index >= 15 is 0 Å². The quantitative estimate of drug-likeness (QED) is 0.747. The fourth-order valence-corrected chi connectivity index (χ4v) is 4.35. The monoisotopic (exact) mass is 278 g/mol. The molecule has 1 aliphatic heterocycles. The second kappa shape index (κ2) is 5.93. The van der Waals surface area contributed by atoms with Gasteiger partial charge in [0.25, 0.3) is 0 Å². The molecule has 0 spiro atoms. The summed E-state index contributed by atoms with van der Waals surface area (Å²) >= 11 is 0. The molecule has 0 saturated heterocycles. The zero-order valence-electron chi connectivity index (χ0n) is 15.0. The summed E-state index contributed by atoms with van der Waals surface area (Å²) < 4.78 is 0. The molecule has 2 nitrogen and oxygen atoms in total. The lowest BCUT2D eigenvalue weighted by Gasteiger charge is -2.60. The molecule has 0 amide bonds. The van der Waals surface area contributed by atoms with E-state index < -0.39 is 0 Å². The van der Waals surface area contributed by atoms with Crippen molar-refractivity contribution in [1.29, 1.82) is 0 Å². The zero-order valence-corrected chi connectivity index (χ0v) is 15.0. The molecular weight excluding hydrogens is 244 g/mol. The molecular formula is C18H34N2. The van der Waals surface area contributed by atoms with E-state index in [0.29, 0.717) is 6.17 Å². The molecule has 0 aromatic rings. The minimum atomic E-state index is 0.208. The molecule has 3 atom stereocenters. The van der Waals surface area contributed by atoms with E-state index in [1.807, 2.05) is 0 Å². The lowest BCUT2D eigenvalue weighted by atomic mass is 9.54. The molecule has 2 heteroatoms. The number of hydrogen-bond acceptors (Lipinski definition) is 2. The summed E-state index contributed by atoms with van der Waals surface area (Å²) in [5, 5.41) is 0. The fourth-order valence-electron chi connectivity index (χ4n) is 4.35. The third kappa shape index (κ3) is 2.22. The first-order valence-corrected chi connectivity index (χ1v) is 7.94. The molecule has 0 aliphatic carbocycles. The van der Waals surface area contributed by atoms with E-state index in [1.54, 1.807) is 0 Å². The SMILES string of the molecule is CC=CC1=C(C)N(C)C(N(C)C)C(C)(CC)C1(C)CC. The van der Waals surface area contributed by atoms with Gasteiger partial charge in [0.1, 0.15) is 0 Å². The Balaban J connectivity index is 3.63. The van der Waals surface area contributed by atoms with Crippen molar-refractivity contribution < 1.29 is 0 Å². The summed E-state index contributed by atoms with van der Waals surface area (Å²) in [5.74, 6) is 0. The molecule has 1 rings (SSSR count). The van der Waals surface area contributed by atoms with Crippen LogP contribution in [-0.2, 0) is 0 Å². The highest BCUT2D eigenvalue weighted by atomic mass is 15.3. The van der Waals surface area contributed by atoms with Crippen molar-refractivity contribution in [3.8, 4) is 0 Å². The van der Waals surface area contributed by atoms with Crippen molar-refractivity contribution in [2.75, 3.05) is 21.1 Å². The smallest absolute Gasteiger partial charge is 0.0872 e. The van der Waals surface area contributed by atoms with Crippen molar-refractivity contribution in [1.82, 2.24) is 9.80 Å². The fraction of sp³-hybridized carbons (Fsp3) is 0.778. The molecule has 1 heterocycles. The Hall–Kier alpha value is -0.760. The van der Waals surface area contributed by atoms with E-state index in [0.717, 1.165) is 0 Å². The standard InChI is InChI=1S/C18H34N2/c1-10-13-15-14(4)20(9)16(19(7)8)18(6,12-3)17(15,5)11-2/h10,13,16H,11-12H2,1-9H3. The third-order valence-electron chi connectivity index (χ3n) is 5.97. The highest BCUT2D eigenvalue weighted by Gasteiger charge is 2.54. The van der Waals surface area contributed by atoms with Crippen LogP contribution in [0.5, 0.6) is 0 Å². The Morgan fingerprint density at radius 1 is 1.20 bits per heavy atom. The minimum absolute atomic E-state index is 0.208. The van der Waals surface area contributed by atoms with Gasteiger partial charge in [0.05, 0.1) is 6.17 Å². The molecule has 0 fully saturated rings. The molecule has 0 saturated carbocycles. The Morgan fingerprint density at radius 2 is 1.75 bits per heavy atom. The summed E-state index contributed by atoms with van der Waals surface area (Å²) in [6, 6.07) is 0. The summed E-state index contributed by atoms with van der Waals surface area (Å²) in [5.41, 5.74) is 3.36. The van der Waals surface area contributed by atoms with E-state index in [4.69, 9.17) is 0 Å². The number of rotatable bonds is 4. The van der Waals surface area contributed by atoms with Crippen molar-refractivity contribution in [2.24, 2.45) is 10.8 Å². The molecule has 3 unspecified atom stereocenters. The van der Waals surface area contributed by atoms with Gasteiger partial charge in [-0.15, -0.1) is 0 Å². The van der Waals surface area contributed by atoms with E-state index in [9.17, 15) is 0 Å². The van der Waals surface area contributed by atoms with Gasteiger partial charge in [-0.05, 0) is 46.4 Å². The summed E-state index contributed by atoms with van der Waals surface area (Å²) in [6.45, 7) is 14.0. The Morgan fingerprint density at radius 3 is 2.10 bits per heavy atom. The van der Waals surface area contributed by atoms with E-state index in [-0.39, 0.29) is 10.8 Å². The van der Waals surface area contributed by atoms with Crippen LogP contribution in [0.25, 0.3) is 0 Å². The molecule has 0 bridgehead atoms. The van der Waals surface area contributed by atoms with Gasteiger partial charge in [-0.1, -0.05) is 39.8 Å². The molecule has 1 aliphatic rings. The predicted molar refractivity (Wildman–Crippen MR) is 89.5 cm³/mol. The number of hydrogen-bond donors (Lipinski definition) is 0. The van der Waals surface area contributed by atoms with Crippen molar-refractivity contribution in [3.05, 3.63) is 23.4 Å². The van der Waals surface area contributed by atoms with Gasteiger partial charge in [-0.3, -0.25) is 4.90 Å². The highest BCUT2D eigenvalue weighted by Crippen LogP contribution is 2.57. The van der Waals surface area contributed by atoms with Crippen LogP contribution in [0.3, 0.4) is 0 Å². The lowest BCUT2D eigenvalue weighted by Crippen LogP contribution is -2.62. The van der Waals surface area contributed by atoms with Gasteiger partial charge in [0.15, 0.2) is 0 Å². The van der Waals surface area contributed by atoms with Crippen LogP contribution in [0.2, 0.25) is 0 Å². The third-order valence-corrected chi connectivity index (χ3v) is 5.97. The topological polar surface area (TPSA) is 6.48 Å². The molecule has 0 aromatic heterocycles. The number of allylic oxidation sites excluding steroid dienone is 4. The minimum Gasteiger partial charge on any atom is -0.362 e. The molecule has 20 heavy (non-hydrogen) atoms. The van der Waals surface area contributed by atoms with Crippen molar-refractivity contribution >= 4 is 0 Å². The van der Waals surface area contributed by atoms with Crippen LogP contribution >= 0.6 is 0 Å². The second-order valence-corrected chi connectivity index (χ2v) is 6.90. The van der Waals surface area contributed by atoms with Crippen LogP contribution in [-0.4, -0.2) is 37.1 Å². The number of nitrogens with zero attached hydrogens (tertiary/aromatic N) is 2. The Bertz CT molecular complexity index is 408.